The fourth-order valence-electron chi connectivity index (χ4n) is 3.02. The number of fused-ring (bicyclic) bond motifs is 1. The first-order valence-electron chi connectivity index (χ1n) is 8.38. The molecule has 140 valence electrons. The quantitative estimate of drug-likeness (QED) is 0.719. The van der Waals surface area contributed by atoms with Crippen molar-refractivity contribution in [3.63, 3.8) is 0 Å². The summed E-state index contributed by atoms with van der Waals surface area (Å²) in [5.41, 5.74) is 3.24. The maximum atomic E-state index is 13.1. The van der Waals surface area contributed by atoms with Gasteiger partial charge in [-0.3, -0.25) is 9.59 Å². The Morgan fingerprint density at radius 1 is 1.22 bits per heavy atom. The summed E-state index contributed by atoms with van der Waals surface area (Å²) in [6.07, 6.45) is 0. The lowest BCUT2D eigenvalue weighted by Gasteiger charge is -2.14. The summed E-state index contributed by atoms with van der Waals surface area (Å²) in [6.45, 7) is 5.26. The molecule has 0 aliphatic rings. The van der Waals surface area contributed by atoms with Gasteiger partial charge >= 0.3 is 5.97 Å². The van der Waals surface area contributed by atoms with Crippen molar-refractivity contribution in [3.8, 4) is 0 Å². The van der Waals surface area contributed by atoms with E-state index in [1.807, 2.05) is 19.9 Å². The van der Waals surface area contributed by atoms with Gasteiger partial charge in [0.2, 0.25) is 0 Å². The molecule has 1 amide bonds. The molecule has 8 heteroatoms. The van der Waals surface area contributed by atoms with Crippen LogP contribution in [0.25, 0.3) is 5.65 Å². The summed E-state index contributed by atoms with van der Waals surface area (Å²) in [5, 5.41) is 16.4. The first kappa shape index (κ1) is 18.5. The fourth-order valence-corrected chi connectivity index (χ4v) is 3.02. The number of amides is 1. The van der Waals surface area contributed by atoms with Crippen LogP contribution in [0.1, 0.15) is 38.9 Å². The van der Waals surface area contributed by atoms with Crippen LogP contribution in [-0.4, -0.2) is 38.1 Å². The number of carboxylic acids is 1. The molecule has 2 N–H and O–H groups in total. The van der Waals surface area contributed by atoms with Crippen LogP contribution >= 0.6 is 0 Å². The van der Waals surface area contributed by atoms with Gasteiger partial charge in [-0.25, -0.2) is 13.9 Å². The van der Waals surface area contributed by atoms with Crippen molar-refractivity contribution >= 4 is 17.5 Å². The van der Waals surface area contributed by atoms with Crippen LogP contribution in [0.4, 0.5) is 4.39 Å². The topological polar surface area (TPSA) is 96.6 Å². The Labute approximate surface area is 154 Å². The van der Waals surface area contributed by atoms with Crippen molar-refractivity contribution in [1.82, 2.24) is 19.9 Å². The number of nitrogens with zero attached hydrogens (tertiary/aromatic N) is 3. The molecule has 1 aromatic carbocycles. The Balaban J connectivity index is 1.86. The van der Waals surface area contributed by atoms with E-state index < -0.39 is 23.6 Å². The van der Waals surface area contributed by atoms with E-state index in [0.717, 1.165) is 11.4 Å². The van der Waals surface area contributed by atoms with Gasteiger partial charge in [0.25, 0.3) is 5.91 Å². The van der Waals surface area contributed by atoms with E-state index in [4.69, 9.17) is 0 Å². The molecule has 3 aromatic rings. The maximum Gasteiger partial charge on any atom is 0.312 e. The Morgan fingerprint density at radius 3 is 2.52 bits per heavy atom. The normalized spacial score (nSPS) is 12.1. The zero-order chi connectivity index (χ0) is 19.7. The number of nitrogens with one attached hydrogen (secondary N) is 1. The van der Waals surface area contributed by atoms with Crippen molar-refractivity contribution in [3.05, 3.63) is 64.4 Å². The van der Waals surface area contributed by atoms with Crippen molar-refractivity contribution in [2.24, 2.45) is 0 Å². The molecule has 0 saturated carbocycles. The van der Waals surface area contributed by atoms with E-state index in [9.17, 15) is 19.1 Å². The summed E-state index contributed by atoms with van der Waals surface area (Å²) in [6, 6.07) is 7.04. The van der Waals surface area contributed by atoms with Gasteiger partial charge in [-0.15, -0.1) is 0 Å². The fraction of sp³-hybridized carbons (Fsp3) is 0.263. The number of hydrogen-bond donors (Lipinski definition) is 2. The zero-order valence-electron chi connectivity index (χ0n) is 15.2. The minimum Gasteiger partial charge on any atom is -0.481 e. The number of halogens is 1. The molecule has 2 heterocycles. The van der Waals surface area contributed by atoms with Crippen LogP contribution in [0.2, 0.25) is 0 Å². The molecular formula is C19H19FN4O3. The number of benzene rings is 1. The Kier molecular flexibility index (Phi) is 4.89. The number of carbonyl (C=O) groups excluding carboxylic acids is 1. The van der Waals surface area contributed by atoms with E-state index in [1.165, 1.54) is 24.3 Å². The van der Waals surface area contributed by atoms with Crippen LogP contribution in [0, 0.1) is 26.6 Å². The van der Waals surface area contributed by atoms with Crippen LogP contribution < -0.4 is 5.32 Å². The van der Waals surface area contributed by atoms with Crippen LogP contribution in [0.5, 0.6) is 0 Å². The number of aryl methyl sites for hydroxylation is 3. The monoisotopic (exact) mass is 370 g/mol. The van der Waals surface area contributed by atoms with Gasteiger partial charge in [0.15, 0.2) is 5.65 Å². The molecule has 27 heavy (non-hydrogen) atoms. The van der Waals surface area contributed by atoms with Gasteiger partial charge in [-0.05, 0) is 44.5 Å². The lowest BCUT2D eigenvalue weighted by Crippen LogP contribution is -2.32. The number of carbonyl (C=O) groups is 2. The van der Waals surface area contributed by atoms with Crippen molar-refractivity contribution in [2.45, 2.75) is 26.7 Å². The van der Waals surface area contributed by atoms with E-state index in [1.54, 1.807) is 11.4 Å². The molecule has 0 aliphatic carbocycles. The van der Waals surface area contributed by atoms with E-state index in [-0.39, 0.29) is 6.54 Å². The highest BCUT2D eigenvalue weighted by Gasteiger charge is 2.24. The third-order valence-corrected chi connectivity index (χ3v) is 4.33. The third-order valence-electron chi connectivity index (χ3n) is 4.33. The molecule has 0 fully saturated rings. The lowest BCUT2D eigenvalue weighted by atomic mass is 9.99. The van der Waals surface area contributed by atoms with Crippen molar-refractivity contribution in [2.75, 3.05) is 6.54 Å². The zero-order valence-corrected chi connectivity index (χ0v) is 15.2. The first-order valence-corrected chi connectivity index (χ1v) is 8.38. The summed E-state index contributed by atoms with van der Waals surface area (Å²) in [7, 11) is 0. The Bertz CT molecular complexity index is 1030. The van der Waals surface area contributed by atoms with E-state index in [2.05, 4.69) is 15.4 Å². The molecular weight excluding hydrogens is 351 g/mol. The first-order chi connectivity index (χ1) is 12.8. The van der Waals surface area contributed by atoms with Gasteiger partial charge in [0.05, 0.1) is 11.6 Å². The second-order valence-electron chi connectivity index (χ2n) is 6.39. The molecule has 0 bridgehead atoms. The average Bonchev–Trinajstić information content (AvgIpc) is 2.92. The molecule has 0 aliphatic heterocycles. The van der Waals surface area contributed by atoms with Gasteiger partial charge in [0.1, 0.15) is 11.4 Å². The van der Waals surface area contributed by atoms with Crippen LogP contribution in [0.3, 0.4) is 0 Å². The number of aromatic nitrogens is 3. The smallest absolute Gasteiger partial charge is 0.312 e. The molecule has 1 atom stereocenters. The molecule has 7 nitrogen and oxygen atoms in total. The maximum absolute atomic E-state index is 13.1. The second-order valence-corrected chi connectivity index (χ2v) is 6.39. The minimum absolute atomic E-state index is 0.138. The molecule has 1 unspecified atom stereocenters. The summed E-state index contributed by atoms with van der Waals surface area (Å²) >= 11 is 0. The predicted molar refractivity (Wildman–Crippen MR) is 96.3 cm³/mol. The SMILES string of the molecule is Cc1cc(C)n2nc(C)c(C(=O)NCC(C(=O)O)c3ccc(F)cc3)c2n1. The number of hydrogen-bond acceptors (Lipinski definition) is 4. The molecule has 2 aromatic heterocycles. The molecule has 0 radical (unpaired) electrons. The largest absolute Gasteiger partial charge is 0.481 e. The highest BCUT2D eigenvalue weighted by Crippen LogP contribution is 2.18. The van der Waals surface area contributed by atoms with E-state index in [0.29, 0.717) is 22.5 Å². The van der Waals surface area contributed by atoms with Gasteiger partial charge in [-0.2, -0.15) is 5.10 Å². The third kappa shape index (κ3) is 3.64. The highest BCUT2D eigenvalue weighted by molar-refractivity contribution is 6.01. The summed E-state index contributed by atoms with van der Waals surface area (Å²) in [4.78, 5) is 28.7. The molecule has 0 spiro atoms. The Morgan fingerprint density at radius 2 is 1.89 bits per heavy atom. The standard InChI is InChI=1S/C19H19FN4O3/c1-10-8-11(2)24-17(22-10)16(12(3)23-24)18(25)21-9-15(19(26)27)13-4-6-14(20)7-5-13/h4-8,15H,9H2,1-3H3,(H,21,25)(H,26,27). The molecule has 3 rings (SSSR count). The molecule has 0 saturated heterocycles. The van der Waals surface area contributed by atoms with E-state index >= 15 is 0 Å². The Hall–Kier alpha value is -3.29. The van der Waals surface area contributed by atoms with Crippen LogP contribution in [-0.2, 0) is 4.79 Å². The van der Waals surface area contributed by atoms with Crippen molar-refractivity contribution < 1.29 is 19.1 Å². The van der Waals surface area contributed by atoms with Gasteiger partial charge < -0.3 is 10.4 Å². The summed E-state index contributed by atoms with van der Waals surface area (Å²) < 4.78 is 14.7. The lowest BCUT2D eigenvalue weighted by molar-refractivity contribution is -0.138. The minimum atomic E-state index is -1.11. The predicted octanol–water partition coefficient (Wildman–Crippen LogP) is 2.39. The van der Waals surface area contributed by atoms with Gasteiger partial charge in [-0.1, -0.05) is 12.1 Å². The second kappa shape index (κ2) is 7.14. The van der Waals surface area contributed by atoms with Gasteiger partial charge in [0, 0.05) is 17.9 Å². The average molecular weight is 370 g/mol. The number of carboxylic acid groups (broad SMARTS) is 1. The number of aliphatic carboxylic acids is 1. The highest BCUT2D eigenvalue weighted by atomic mass is 19.1. The number of rotatable bonds is 5. The van der Waals surface area contributed by atoms with Crippen molar-refractivity contribution in [1.29, 1.82) is 0 Å². The van der Waals surface area contributed by atoms with Crippen LogP contribution in [0.15, 0.2) is 30.3 Å². The summed E-state index contributed by atoms with van der Waals surface area (Å²) in [5.74, 6) is -3.00.